The predicted octanol–water partition coefficient (Wildman–Crippen LogP) is 4.15. The zero-order chi connectivity index (χ0) is 17.1. The second-order valence-electron chi connectivity index (χ2n) is 5.17. The van der Waals surface area contributed by atoms with E-state index in [9.17, 15) is 9.90 Å². The molecule has 0 atom stereocenters. The van der Waals surface area contributed by atoms with Gasteiger partial charge in [0.1, 0.15) is 0 Å². The van der Waals surface area contributed by atoms with Crippen molar-refractivity contribution in [2.75, 3.05) is 19.5 Å². The van der Waals surface area contributed by atoms with Crippen molar-refractivity contribution >= 4 is 11.9 Å². The van der Waals surface area contributed by atoms with E-state index in [1.165, 1.54) is 7.11 Å². The standard InChI is InChI=1S/C19H17NO4/c1-20-18-15(13-9-6-10-14(11-13)19(22)23-2)16(21)17(24-18)12-7-4-3-5-8-12/h3-11,20-21H,1-2H3. The average Bonchev–Trinajstić information content (AvgIpc) is 2.98. The second kappa shape index (κ2) is 6.50. The van der Waals surface area contributed by atoms with Crippen molar-refractivity contribution in [3.8, 4) is 28.2 Å². The van der Waals surface area contributed by atoms with E-state index in [-0.39, 0.29) is 5.75 Å². The average molecular weight is 323 g/mol. The van der Waals surface area contributed by atoms with Crippen LogP contribution in [0.3, 0.4) is 0 Å². The molecule has 0 radical (unpaired) electrons. The van der Waals surface area contributed by atoms with E-state index in [1.807, 2.05) is 30.3 Å². The van der Waals surface area contributed by atoms with Gasteiger partial charge in [0.15, 0.2) is 11.5 Å². The van der Waals surface area contributed by atoms with Gasteiger partial charge in [-0.15, -0.1) is 0 Å². The minimum absolute atomic E-state index is 0.0209. The molecule has 5 nitrogen and oxygen atoms in total. The Balaban J connectivity index is 2.15. The summed E-state index contributed by atoms with van der Waals surface area (Å²) in [5.74, 6) is 0.383. The molecule has 0 bridgehead atoms. The molecule has 3 aromatic rings. The van der Waals surface area contributed by atoms with Crippen LogP contribution in [0.5, 0.6) is 5.75 Å². The van der Waals surface area contributed by atoms with Crippen molar-refractivity contribution in [2.24, 2.45) is 0 Å². The number of esters is 1. The van der Waals surface area contributed by atoms with Crippen LogP contribution in [-0.4, -0.2) is 25.2 Å². The zero-order valence-electron chi connectivity index (χ0n) is 13.4. The summed E-state index contributed by atoms with van der Waals surface area (Å²) in [6.45, 7) is 0. The molecule has 2 aromatic carbocycles. The van der Waals surface area contributed by atoms with Gasteiger partial charge in [-0.1, -0.05) is 42.5 Å². The predicted molar refractivity (Wildman–Crippen MR) is 92.1 cm³/mol. The van der Waals surface area contributed by atoms with Crippen LogP contribution >= 0.6 is 0 Å². The molecule has 0 fully saturated rings. The molecule has 1 aromatic heterocycles. The maximum atomic E-state index is 11.7. The van der Waals surface area contributed by atoms with Crippen LogP contribution in [0.2, 0.25) is 0 Å². The van der Waals surface area contributed by atoms with E-state index < -0.39 is 5.97 Å². The fourth-order valence-electron chi connectivity index (χ4n) is 2.57. The van der Waals surface area contributed by atoms with Gasteiger partial charge >= 0.3 is 5.97 Å². The number of furan rings is 1. The van der Waals surface area contributed by atoms with Gasteiger partial charge in [-0.05, 0) is 17.7 Å². The van der Waals surface area contributed by atoms with Crippen molar-refractivity contribution < 1.29 is 19.1 Å². The molecule has 1 heterocycles. The molecule has 0 amide bonds. The van der Waals surface area contributed by atoms with Crippen LogP contribution in [-0.2, 0) is 4.74 Å². The molecule has 0 saturated carbocycles. The molecule has 0 aliphatic carbocycles. The van der Waals surface area contributed by atoms with E-state index in [0.717, 1.165) is 5.56 Å². The lowest BCUT2D eigenvalue weighted by molar-refractivity contribution is 0.0601. The largest absolute Gasteiger partial charge is 0.504 e. The van der Waals surface area contributed by atoms with Crippen LogP contribution in [0, 0.1) is 0 Å². The van der Waals surface area contributed by atoms with Gasteiger partial charge < -0.3 is 19.6 Å². The van der Waals surface area contributed by atoms with E-state index >= 15 is 0 Å². The van der Waals surface area contributed by atoms with Crippen molar-refractivity contribution in [1.82, 2.24) is 0 Å². The number of carbonyl (C=O) groups is 1. The molecule has 0 spiro atoms. The number of rotatable bonds is 4. The molecular weight excluding hydrogens is 306 g/mol. The van der Waals surface area contributed by atoms with E-state index in [4.69, 9.17) is 9.15 Å². The summed E-state index contributed by atoms with van der Waals surface area (Å²) in [5, 5.41) is 13.6. The first-order valence-electron chi connectivity index (χ1n) is 7.43. The number of methoxy groups -OCH3 is 1. The summed E-state index contributed by atoms with van der Waals surface area (Å²) in [6.07, 6.45) is 0. The van der Waals surface area contributed by atoms with Gasteiger partial charge in [-0.3, -0.25) is 0 Å². The Morgan fingerprint density at radius 1 is 1.08 bits per heavy atom. The van der Waals surface area contributed by atoms with Crippen molar-refractivity contribution in [3.05, 3.63) is 60.2 Å². The molecule has 122 valence electrons. The maximum absolute atomic E-state index is 11.7. The number of carbonyl (C=O) groups excluding carboxylic acids is 1. The highest BCUT2D eigenvalue weighted by Crippen LogP contribution is 2.46. The van der Waals surface area contributed by atoms with Gasteiger partial charge in [0.05, 0.1) is 18.2 Å². The SMILES string of the molecule is CNc1oc(-c2ccccc2)c(O)c1-c1cccc(C(=O)OC)c1. The molecule has 3 rings (SSSR count). The van der Waals surface area contributed by atoms with E-state index in [0.29, 0.717) is 28.3 Å². The number of aromatic hydroxyl groups is 1. The first-order valence-corrected chi connectivity index (χ1v) is 7.43. The Bertz CT molecular complexity index is 868. The van der Waals surface area contributed by atoms with Gasteiger partial charge in [-0.2, -0.15) is 0 Å². The Morgan fingerprint density at radius 2 is 1.79 bits per heavy atom. The third-order valence-corrected chi connectivity index (χ3v) is 3.72. The summed E-state index contributed by atoms with van der Waals surface area (Å²) in [4.78, 5) is 11.7. The minimum Gasteiger partial charge on any atom is -0.504 e. The number of benzene rings is 2. The number of hydrogen-bond donors (Lipinski definition) is 2. The third-order valence-electron chi connectivity index (χ3n) is 3.72. The first kappa shape index (κ1) is 15.7. The third kappa shape index (κ3) is 2.72. The summed E-state index contributed by atoms with van der Waals surface area (Å²) in [6, 6.07) is 16.2. The molecule has 2 N–H and O–H groups in total. The number of nitrogens with one attached hydrogen (secondary N) is 1. The quantitative estimate of drug-likeness (QED) is 0.706. The lowest BCUT2D eigenvalue weighted by atomic mass is 10.0. The van der Waals surface area contributed by atoms with E-state index in [1.54, 1.807) is 31.3 Å². The molecule has 5 heteroatoms. The van der Waals surface area contributed by atoms with Crippen LogP contribution in [0.4, 0.5) is 5.88 Å². The molecular formula is C19H17NO4. The maximum Gasteiger partial charge on any atom is 0.337 e. The lowest BCUT2D eigenvalue weighted by Crippen LogP contribution is -2.00. The number of anilines is 1. The fraction of sp³-hybridized carbons (Fsp3) is 0.105. The second-order valence-corrected chi connectivity index (χ2v) is 5.17. The van der Waals surface area contributed by atoms with E-state index in [2.05, 4.69) is 5.32 Å². The topological polar surface area (TPSA) is 71.7 Å². The normalized spacial score (nSPS) is 10.4. The highest BCUT2D eigenvalue weighted by molar-refractivity contribution is 5.93. The zero-order valence-corrected chi connectivity index (χ0v) is 13.4. The van der Waals surface area contributed by atoms with Crippen LogP contribution < -0.4 is 5.32 Å². The number of hydrogen-bond acceptors (Lipinski definition) is 5. The van der Waals surface area contributed by atoms with Gasteiger partial charge in [0.25, 0.3) is 0 Å². The highest BCUT2D eigenvalue weighted by Gasteiger charge is 2.22. The monoisotopic (exact) mass is 323 g/mol. The molecule has 0 aliphatic heterocycles. The minimum atomic E-state index is -0.436. The van der Waals surface area contributed by atoms with Gasteiger partial charge in [-0.25, -0.2) is 4.79 Å². The first-order chi connectivity index (χ1) is 11.7. The highest BCUT2D eigenvalue weighted by atomic mass is 16.5. The Kier molecular flexibility index (Phi) is 4.24. The van der Waals surface area contributed by atoms with Crippen molar-refractivity contribution in [3.63, 3.8) is 0 Å². The number of ether oxygens (including phenoxy) is 1. The Labute approximate surface area is 139 Å². The molecule has 0 unspecified atom stereocenters. The van der Waals surface area contributed by atoms with Crippen molar-refractivity contribution in [2.45, 2.75) is 0 Å². The van der Waals surface area contributed by atoms with Crippen LogP contribution in [0.25, 0.3) is 22.5 Å². The van der Waals surface area contributed by atoms with Gasteiger partial charge in [0, 0.05) is 12.6 Å². The summed E-state index contributed by atoms with van der Waals surface area (Å²) in [7, 11) is 3.04. The molecule has 0 aliphatic rings. The van der Waals surface area contributed by atoms with Crippen LogP contribution in [0.15, 0.2) is 59.0 Å². The smallest absolute Gasteiger partial charge is 0.337 e. The van der Waals surface area contributed by atoms with Gasteiger partial charge in [0.2, 0.25) is 5.88 Å². The Hall–Kier alpha value is -3.21. The molecule has 24 heavy (non-hydrogen) atoms. The fourth-order valence-corrected chi connectivity index (χ4v) is 2.57. The summed E-state index contributed by atoms with van der Waals surface area (Å²) in [5.41, 5.74) is 2.33. The Morgan fingerprint density at radius 3 is 2.46 bits per heavy atom. The molecule has 0 saturated heterocycles. The summed E-state index contributed by atoms with van der Waals surface area (Å²) >= 11 is 0. The van der Waals surface area contributed by atoms with Crippen LogP contribution in [0.1, 0.15) is 10.4 Å². The summed E-state index contributed by atoms with van der Waals surface area (Å²) < 4.78 is 10.5. The van der Waals surface area contributed by atoms with Crippen molar-refractivity contribution in [1.29, 1.82) is 0 Å². The lowest BCUT2D eigenvalue weighted by Gasteiger charge is -2.05.